The zero-order valence-electron chi connectivity index (χ0n) is 12.9. The molecule has 0 bridgehead atoms. The Labute approximate surface area is 127 Å². The van der Waals surface area contributed by atoms with Gasteiger partial charge in [0.25, 0.3) is 0 Å². The predicted octanol–water partition coefficient (Wildman–Crippen LogP) is 3.31. The molecule has 0 amide bonds. The summed E-state index contributed by atoms with van der Waals surface area (Å²) >= 11 is 0. The van der Waals surface area contributed by atoms with E-state index < -0.39 is 0 Å². The molecule has 0 saturated carbocycles. The lowest BCUT2D eigenvalue weighted by Crippen LogP contribution is -2.14. The van der Waals surface area contributed by atoms with E-state index in [0.29, 0.717) is 0 Å². The van der Waals surface area contributed by atoms with Crippen molar-refractivity contribution >= 4 is 0 Å². The van der Waals surface area contributed by atoms with Crippen LogP contribution in [0, 0.1) is 0 Å². The molecule has 0 atom stereocenters. The molecule has 0 spiro atoms. The van der Waals surface area contributed by atoms with Crippen molar-refractivity contribution in [3.05, 3.63) is 53.1 Å². The van der Waals surface area contributed by atoms with Crippen LogP contribution in [0.25, 0.3) is 0 Å². The Morgan fingerprint density at radius 2 is 2.05 bits per heavy atom. The summed E-state index contributed by atoms with van der Waals surface area (Å²) in [5.41, 5.74) is 5.52. The highest BCUT2D eigenvalue weighted by atomic mass is 15.1. The second-order valence-electron chi connectivity index (χ2n) is 5.97. The highest BCUT2D eigenvalue weighted by molar-refractivity contribution is 5.25. The molecule has 1 heterocycles. The van der Waals surface area contributed by atoms with Crippen LogP contribution in [-0.4, -0.2) is 16.1 Å². The number of aromatic nitrogens is 2. The summed E-state index contributed by atoms with van der Waals surface area (Å²) in [6.07, 6.45) is 8.15. The van der Waals surface area contributed by atoms with Gasteiger partial charge in [0.1, 0.15) is 0 Å². The van der Waals surface area contributed by atoms with Crippen molar-refractivity contribution in [3.8, 4) is 0 Å². The lowest BCUT2D eigenvalue weighted by atomic mass is 10.0. The Kier molecular flexibility index (Phi) is 4.71. The molecule has 112 valence electrons. The fourth-order valence-electron chi connectivity index (χ4n) is 3.11. The van der Waals surface area contributed by atoms with Crippen molar-refractivity contribution in [3.63, 3.8) is 0 Å². The van der Waals surface area contributed by atoms with Crippen LogP contribution in [0.4, 0.5) is 0 Å². The molecule has 1 aromatic carbocycles. The van der Waals surface area contributed by atoms with Gasteiger partial charge in [-0.15, -0.1) is 0 Å². The third-order valence-corrected chi connectivity index (χ3v) is 4.21. The van der Waals surface area contributed by atoms with Gasteiger partial charge in [0, 0.05) is 18.8 Å². The molecule has 3 nitrogen and oxygen atoms in total. The van der Waals surface area contributed by atoms with Crippen LogP contribution >= 0.6 is 0 Å². The van der Waals surface area contributed by atoms with Crippen molar-refractivity contribution in [2.45, 2.75) is 52.1 Å². The van der Waals surface area contributed by atoms with Crippen LogP contribution < -0.4 is 5.32 Å². The van der Waals surface area contributed by atoms with Gasteiger partial charge in [0.15, 0.2) is 0 Å². The first-order chi connectivity index (χ1) is 10.4. The number of fused-ring (bicyclic) bond motifs is 1. The third kappa shape index (κ3) is 3.53. The first-order valence-electron chi connectivity index (χ1n) is 8.18. The van der Waals surface area contributed by atoms with Gasteiger partial charge < -0.3 is 9.88 Å². The summed E-state index contributed by atoms with van der Waals surface area (Å²) in [5, 5.41) is 3.47. The normalized spacial score (nSPS) is 14.1. The Hall–Kier alpha value is -1.61. The van der Waals surface area contributed by atoms with Gasteiger partial charge >= 0.3 is 0 Å². The van der Waals surface area contributed by atoms with E-state index in [1.54, 1.807) is 0 Å². The van der Waals surface area contributed by atoms with E-state index in [9.17, 15) is 0 Å². The number of aryl methyl sites for hydroxylation is 1. The Morgan fingerprint density at radius 3 is 2.95 bits per heavy atom. The number of hydrogen-bond acceptors (Lipinski definition) is 2. The maximum atomic E-state index is 4.59. The van der Waals surface area contributed by atoms with E-state index >= 15 is 0 Å². The van der Waals surface area contributed by atoms with Gasteiger partial charge in [-0.3, -0.25) is 0 Å². The summed E-state index contributed by atoms with van der Waals surface area (Å²) in [6.45, 7) is 5.19. The molecule has 0 fully saturated rings. The largest absolute Gasteiger partial charge is 0.330 e. The van der Waals surface area contributed by atoms with Gasteiger partial charge in [0.2, 0.25) is 0 Å². The lowest BCUT2D eigenvalue weighted by Gasteiger charge is -2.14. The minimum Gasteiger partial charge on any atom is -0.330 e. The molecule has 0 unspecified atom stereocenters. The van der Waals surface area contributed by atoms with E-state index in [4.69, 9.17) is 0 Å². The molecule has 3 heteroatoms. The minimum absolute atomic E-state index is 0.948. The van der Waals surface area contributed by atoms with Crippen molar-refractivity contribution in [1.82, 2.24) is 14.9 Å². The van der Waals surface area contributed by atoms with Crippen molar-refractivity contribution in [1.29, 1.82) is 0 Å². The van der Waals surface area contributed by atoms with Crippen molar-refractivity contribution in [2.24, 2.45) is 0 Å². The highest BCUT2D eigenvalue weighted by Crippen LogP contribution is 2.21. The summed E-state index contributed by atoms with van der Waals surface area (Å²) in [7, 11) is 0. The molecule has 21 heavy (non-hydrogen) atoms. The fourth-order valence-corrected chi connectivity index (χ4v) is 3.11. The van der Waals surface area contributed by atoms with Gasteiger partial charge in [-0.05, 0) is 49.8 Å². The topological polar surface area (TPSA) is 29.9 Å². The number of rotatable bonds is 6. The van der Waals surface area contributed by atoms with Gasteiger partial charge in [0.05, 0.1) is 12.0 Å². The van der Waals surface area contributed by atoms with E-state index in [1.165, 1.54) is 48.2 Å². The number of nitrogens with zero attached hydrogens (tertiary/aromatic N) is 2. The zero-order chi connectivity index (χ0) is 14.5. The number of hydrogen-bond donors (Lipinski definition) is 1. The SMILES string of the molecule is CCCNCc1cccc(Cn2cnc3c2CCCC3)c1. The molecular formula is C18H25N3. The highest BCUT2D eigenvalue weighted by Gasteiger charge is 2.15. The number of imidazole rings is 1. The summed E-state index contributed by atoms with van der Waals surface area (Å²) < 4.78 is 2.34. The van der Waals surface area contributed by atoms with Crippen molar-refractivity contribution < 1.29 is 0 Å². The molecule has 0 aliphatic heterocycles. The minimum atomic E-state index is 0.948. The van der Waals surface area contributed by atoms with Gasteiger partial charge in [-0.25, -0.2) is 4.98 Å². The molecule has 1 aliphatic rings. The van der Waals surface area contributed by atoms with Gasteiger partial charge in [-0.2, -0.15) is 0 Å². The lowest BCUT2D eigenvalue weighted by molar-refractivity contribution is 0.628. The number of benzene rings is 1. The molecular weight excluding hydrogens is 258 g/mol. The van der Waals surface area contributed by atoms with Crippen LogP contribution in [0.5, 0.6) is 0 Å². The zero-order valence-corrected chi connectivity index (χ0v) is 12.9. The maximum Gasteiger partial charge on any atom is 0.0954 e. The standard InChI is InChI=1S/C18H25N3/c1-2-10-19-12-15-6-5-7-16(11-15)13-21-14-20-17-8-3-4-9-18(17)21/h5-7,11,14,19H,2-4,8-10,12-13H2,1H3. The maximum absolute atomic E-state index is 4.59. The average molecular weight is 283 g/mol. The van der Waals surface area contributed by atoms with E-state index in [0.717, 1.165) is 26.1 Å². The number of nitrogens with one attached hydrogen (secondary N) is 1. The van der Waals surface area contributed by atoms with E-state index in [-0.39, 0.29) is 0 Å². The van der Waals surface area contributed by atoms with Gasteiger partial charge in [-0.1, -0.05) is 31.2 Å². The van der Waals surface area contributed by atoms with Crippen LogP contribution in [0.2, 0.25) is 0 Å². The van der Waals surface area contributed by atoms with Crippen LogP contribution in [0.1, 0.15) is 48.7 Å². The smallest absolute Gasteiger partial charge is 0.0954 e. The second kappa shape index (κ2) is 6.90. The molecule has 0 radical (unpaired) electrons. The molecule has 1 aliphatic carbocycles. The van der Waals surface area contributed by atoms with Crippen molar-refractivity contribution in [2.75, 3.05) is 6.54 Å². The fraction of sp³-hybridized carbons (Fsp3) is 0.500. The summed E-state index contributed by atoms with van der Waals surface area (Å²) in [5.74, 6) is 0. The first kappa shape index (κ1) is 14.3. The molecule has 0 saturated heterocycles. The second-order valence-corrected chi connectivity index (χ2v) is 5.97. The van der Waals surface area contributed by atoms with E-state index in [2.05, 4.69) is 46.1 Å². The van der Waals surface area contributed by atoms with E-state index in [1.807, 2.05) is 6.33 Å². The Balaban J connectivity index is 1.70. The third-order valence-electron chi connectivity index (χ3n) is 4.21. The monoisotopic (exact) mass is 283 g/mol. The summed E-state index contributed by atoms with van der Waals surface area (Å²) in [6, 6.07) is 8.91. The quantitative estimate of drug-likeness (QED) is 0.824. The van der Waals surface area contributed by atoms with Crippen LogP contribution in [0.15, 0.2) is 30.6 Å². The predicted molar refractivity (Wildman–Crippen MR) is 86.4 cm³/mol. The first-order valence-corrected chi connectivity index (χ1v) is 8.18. The molecule has 3 rings (SSSR count). The Bertz CT molecular complexity index is 586. The molecule has 1 aromatic heterocycles. The van der Waals surface area contributed by atoms with Crippen LogP contribution in [-0.2, 0) is 25.9 Å². The van der Waals surface area contributed by atoms with Crippen LogP contribution in [0.3, 0.4) is 0 Å². The molecule has 2 aromatic rings. The summed E-state index contributed by atoms with van der Waals surface area (Å²) in [4.78, 5) is 4.59. The average Bonchev–Trinajstić information content (AvgIpc) is 2.91. The Morgan fingerprint density at radius 1 is 1.19 bits per heavy atom. The molecule has 1 N–H and O–H groups in total.